The first-order valence-corrected chi connectivity index (χ1v) is 7.29. The summed E-state index contributed by atoms with van der Waals surface area (Å²) in [4.78, 5) is 24.2. The molecule has 1 aromatic rings. The molecule has 0 aliphatic heterocycles. The highest BCUT2D eigenvalue weighted by atomic mass is 32.2. The van der Waals surface area contributed by atoms with Crippen molar-refractivity contribution in [1.29, 1.82) is 0 Å². The Labute approximate surface area is 116 Å². The van der Waals surface area contributed by atoms with Crippen LogP contribution in [-0.2, 0) is 19.6 Å². The van der Waals surface area contributed by atoms with Gasteiger partial charge in [0, 0.05) is 12.8 Å². The summed E-state index contributed by atoms with van der Waals surface area (Å²) in [6.45, 7) is 0. The molecule has 20 heavy (non-hydrogen) atoms. The second-order valence-corrected chi connectivity index (χ2v) is 5.57. The third kappa shape index (κ3) is 5.34. The summed E-state index contributed by atoms with van der Waals surface area (Å²) in [6.07, 6.45) is 0.363. The van der Waals surface area contributed by atoms with E-state index in [1.165, 1.54) is 12.1 Å². The maximum absolute atomic E-state index is 11.8. The van der Waals surface area contributed by atoms with Gasteiger partial charge in [0.15, 0.2) is 0 Å². The van der Waals surface area contributed by atoms with Gasteiger partial charge in [0.1, 0.15) is 0 Å². The van der Waals surface area contributed by atoms with E-state index >= 15 is 0 Å². The van der Waals surface area contributed by atoms with E-state index in [-0.39, 0.29) is 30.1 Å². The van der Waals surface area contributed by atoms with Crippen LogP contribution in [0.4, 0.5) is 0 Å². The van der Waals surface area contributed by atoms with Crippen LogP contribution in [0.2, 0.25) is 0 Å². The van der Waals surface area contributed by atoms with Crippen molar-refractivity contribution < 1.29 is 18.0 Å². The molecular formula is C11H16N4O4S. The number of nitrogens with one attached hydrogen (secondary N) is 3. The van der Waals surface area contributed by atoms with Crippen molar-refractivity contribution in [3.05, 3.63) is 30.3 Å². The monoisotopic (exact) mass is 300 g/mol. The van der Waals surface area contributed by atoms with E-state index in [2.05, 4.69) is 5.43 Å². The number of carbonyl (C=O) groups excluding carboxylic acids is 2. The number of benzene rings is 1. The molecule has 0 aliphatic carbocycles. The lowest BCUT2D eigenvalue weighted by Crippen LogP contribution is -2.41. The van der Waals surface area contributed by atoms with Crippen LogP contribution >= 0.6 is 0 Å². The van der Waals surface area contributed by atoms with E-state index in [4.69, 9.17) is 5.84 Å². The molecule has 0 fully saturated rings. The molecule has 110 valence electrons. The minimum absolute atomic E-state index is 0.00469. The third-order valence-corrected chi connectivity index (χ3v) is 3.61. The molecule has 9 heteroatoms. The van der Waals surface area contributed by atoms with Crippen molar-refractivity contribution in [2.75, 3.05) is 0 Å². The Bertz CT molecular complexity index is 559. The molecule has 2 amide bonds. The summed E-state index contributed by atoms with van der Waals surface area (Å²) in [5.41, 5.74) is 4.01. The topological polar surface area (TPSA) is 130 Å². The second kappa shape index (κ2) is 7.58. The number of nitrogens with two attached hydrogens (primary N) is 1. The molecule has 0 atom stereocenters. The molecule has 0 spiro atoms. The standard InChI is InChI=1S/C11H16N4O4S/c12-13-10(16)7-4-8-11(17)14-15-20(18,19)9-5-2-1-3-6-9/h1-3,5-6,15H,4,7-8,12H2,(H,13,16)(H,14,17). The van der Waals surface area contributed by atoms with Gasteiger partial charge in [-0.2, -0.15) is 0 Å². The zero-order chi connectivity index (χ0) is 15.0. The van der Waals surface area contributed by atoms with Crippen LogP contribution in [0.5, 0.6) is 0 Å². The molecule has 5 N–H and O–H groups in total. The normalized spacial score (nSPS) is 10.8. The number of hydrogen-bond donors (Lipinski definition) is 4. The number of hydrazine groups is 2. The van der Waals surface area contributed by atoms with Crippen LogP contribution in [0.1, 0.15) is 19.3 Å². The zero-order valence-electron chi connectivity index (χ0n) is 10.6. The van der Waals surface area contributed by atoms with Gasteiger partial charge in [-0.25, -0.2) is 14.3 Å². The predicted octanol–water partition coefficient (Wildman–Crippen LogP) is -0.844. The maximum atomic E-state index is 11.8. The summed E-state index contributed by atoms with van der Waals surface area (Å²) in [5.74, 6) is 3.96. The summed E-state index contributed by atoms with van der Waals surface area (Å²) >= 11 is 0. The molecule has 8 nitrogen and oxygen atoms in total. The van der Waals surface area contributed by atoms with E-state index in [9.17, 15) is 18.0 Å². The van der Waals surface area contributed by atoms with E-state index in [0.29, 0.717) is 0 Å². The Hall–Kier alpha value is -1.97. The van der Waals surface area contributed by atoms with E-state index in [1.807, 2.05) is 10.3 Å². The lowest BCUT2D eigenvalue weighted by molar-refractivity contribution is -0.122. The second-order valence-electron chi connectivity index (χ2n) is 3.89. The van der Waals surface area contributed by atoms with Gasteiger partial charge in [-0.15, -0.1) is 4.83 Å². The molecule has 0 heterocycles. The zero-order valence-corrected chi connectivity index (χ0v) is 11.4. The minimum Gasteiger partial charge on any atom is -0.294 e. The Balaban J connectivity index is 2.39. The van der Waals surface area contributed by atoms with Gasteiger partial charge in [0.05, 0.1) is 4.90 Å². The molecule has 1 aromatic carbocycles. The van der Waals surface area contributed by atoms with Gasteiger partial charge in [0.25, 0.3) is 10.0 Å². The van der Waals surface area contributed by atoms with Crippen molar-refractivity contribution >= 4 is 21.8 Å². The number of hydrogen-bond acceptors (Lipinski definition) is 5. The summed E-state index contributed by atoms with van der Waals surface area (Å²) in [6, 6.07) is 7.63. The fourth-order valence-electron chi connectivity index (χ4n) is 1.33. The number of amides is 2. The molecule has 0 aliphatic rings. The summed E-state index contributed by atoms with van der Waals surface area (Å²) < 4.78 is 23.5. The van der Waals surface area contributed by atoms with Gasteiger partial charge < -0.3 is 0 Å². The molecule has 0 aromatic heterocycles. The Morgan fingerprint density at radius 2 is 1.65 bits per heavy atom. The molecule has 0 radical (unpaired) electrons. The molecule has 0 saturated heterocycles. The van der Waals surface area contributed by atoms with Gasteiger partial charge in [0.2, 0.25) is 11.8 Å². The smallest absolute Gasteiger partial charge is 0.257 e. The van der Waals surface area contributed by atoms with Crippen LogP contribution in [0.15, 0.2) is 35.2 Å². The van der Waals surface area contributed by atoms with Crippen molar-refractivity contribution in [2.45, 2.75) is 24.2 Å². The van der Waals surface area contributed by atoms with Crippen LogP contribution in [-0.4, -0.2) is 20.2 Å². The Kier molecular flexibility index (Phi) is 6.10. The first kappa shape index (κ1) is 16.1. The van der Waals surface area contributed by atoms with Crippen molar-refractivity contribution in [1.82, 2.24) is 15.7 Å². The summed E-state index contributed by atoms with van der Waals surface area (Å²) in [5, 5.41) is 0. The van der Waals surface area contributed by atoms with E-state index in [0.717, 1.165) is 0 Å². The lowest BCUT2D eigenvalue weighted by atomic mass is 10.2. The van der Waals surface area contributed by atoms with Crippen LogP contribution in [0.25, 0.3) is 0 Å². The minimum atomic E-state index is -3.78. The van der Waals surface area contributed by atoms with E-state index < -0.39 is 15.9 Å². The first-order chi connectivity index (χ1) is 9.45. The largest absolute Gasteiger partial charge is 0.294 e. The highest BCUT2D eigenvalue weighted by molar-refractivity contribution is 7.89. The van der Waals surface area contributed by atoms with Crippen LogP contribution < -0.4 is 21.5 Å². The van der Waals surface area contributed by atoms with Crippen molar-refractivity contribution in [3.8, 4) is 0 Å². The van der Waals surface area contributed by atoms with Gasteiger partial charge in [-0.3, -0.25) is 20.4 Å². The lowest BCUT2D eigenvalue weighted by Gasteiger charge is -2.08. The SMILES string of the molecule is NNC(=O)CCCC(=O)NNS(=O)(=O)c1ccccc1. The Morgan fingerprint density at radius 1 is 1.05 bits per heavy atom. The Morgan fingerprint density at radius 3 is 2.25 bits per heavy atom. The molecule has 1 rings (SSSR count). The van der Waals surface area contributed by atoms with E-state index in [1.54, 1.807) is 18.2 Å². The average molecular weight is 300 g/mol. The van der Waals surface area contributed by atoms with Gasteiger partial charge in [-0.1, -0.05) is 18.2 Å². The molecule has 0 bridgehead atoms. The van der Waals surface area contributed by atoms with Crippen LogP contribution in [0.3, 0.4) is 0 Å². The number of sulfonamides is 1. The van der Waals surface area contributed by atoms with Crippen LogP contribution in [0, 0.1) is 0 Å². The number of carbonyl (C=O) groups is 2. The fraction of sp³-hybridized carbons (Fsp3) is 0.273. The van der Waals surface area contributed by atoms with Crippen molar-refractivity contribution in [3.63, 3.8) is 0 Å². The van der Waals surface area contributed by atoms with Gasteiger partial charge in [-0.05, 0) is 18.6 Å². The predicted molar refractivity (Wildman–Crippen MR) is 71.1 cm³/mol. The quantitative estimate of drug-likeness (QED) is 0.296. The van der Waals surface area contributed by atoms with Crippen molar-refractivity contribution in [2.24, 2.45) is 5.84 Å². The molecule has 0 unspecified atom stereocenters. The number of rotatable bonds is 7. The molecule has 0 saturated carbocycles. The summed E-state index contributed by atoms with van der Waals surface area (Å²) in [7, 11) is -3.78. The maximum Gasteiger partial charge on any atom is 0.257 e. The highest BCUT2D eigenvalue weighted by Crippen LogP contribution is 2.05. The first-order valence-electron chi connectivity index (χ1n) is 5.81. The third-order valence-electron chi connectivity index (χ3n) is 2.35. The average Bonchev–Trinajstić information content (AvgIpc) is 2.46. The highest BCUT2D eigenvalue weighted by Gasteiger charge is 2.14. The van der Waals surface area contributed by atoms with Gasteiger partial charge >= 0.3 is 0 Å². The molecular weight excluding hydrogens is 284 g/mol. The fourth-order valence-corrected chi connectivity index (χ4v) is 2.21.